The molecule has 0 aliphatic heterocycles. The van der Waals surface area contributed by atoms with E-state index in [0.29, 0.717) is 11.5 Å². The van der Waals surface area contributed by atoms with Crippen molar-refractivity contribution in [2.24, 2.45) is 0 Å². The van der Waals surface area contributed by atoms with E-state index >= 15 is 0 Å². The number of aromatic nitrogens is 8. The van der Waals surface area contributed by atoms with E-state index in [1.807, 2.05) is 0 Å². The molecule has 136 valence electrons. The van der Waals surface area contributed by atoms with Crippen molar-refractivity contribution in [3.63, 3.8) is 0 Å². The Bertz CT molecular complexity index is 1070. The lowest BCUT2D eigenvalue weighted by Crippen LogP contribution is -2.27. The van der Waals surface area contributed by atoms with Crippen LogP contribution in [0.3, 0.4) is 0 Å². The van der Waals surface area contributed by atoms with Gasteiger partial charge in [0, 0.05) is 11.8 Å². The van der Waals surface area contributed by atoms with Crippen molar-refractivity contribution in [3.05, 3.63) is 66.1 Å². The van der Waals surface area contributed by atoms with Crippen LogP contribution in [-0.4, -0.2) is 46.1 Å². The van der Waals surface area contributed by atoms with Crippen LogP contribution in [0.5, 0.6) is 0 Å². The molecular weight excluding hydrogens is 353 g/mol. The fourth-order valence-electron chi connectivity index (χ4n) is 2.57. The first kappa shape index (κ1) is 16.6. The summed E-state index contributed by atoms with van der Waals surface area (Å²) in [7, 11) is 0. The Hall–Kier alpha value is -3.89. The van der Waals surface area contributed by atoms with Gasteiger partial charge in [0.25, 0.3) is 5.91 Å². The highest BCUT2D eigenvalue weighted by Crippen LogP contribution is 2.18. The van der Waals surface area contributed by atoms with Crippen molar-refractivity contribution in [1.82, 2.24) is 45.5 Å². The topological polar surface area (TPSA) is 119 Å². The van der Waals surface area contributed by atoms with Gasteiger partial charge in [-0.25, -0.2) is 9.07 Å². The quantitative estimate of drug-likeness (QED) is 0.547. The van der Waals surface area contributed by atoms with Crippen LogP contribution >= 0.6 is 0 Å². The molecule has 0 fully saturated rings. The number of amides is 1. The second-order valence-corrected chi connectivity index (χ2v) is 5.75. The monoisotopic (exact) mass is 367 g/mol. The minimum absolute atomic E-state index is 0.288. The second-order valence-electron chi connectivity index (χ2n) is 5.75. The Labute approximate surface area is 152 Å². The van der Waals surface area contributed by atoms with E-state index in [1.54, 1.807) is 37.5 Å². The number of H-pyrrole nitrogens is 1. The van der Waals surface area contributed by atoms with Crippen molar-refractivity contribution in [1.29, 1.82) is 0 Å². The summed E-state index contributed by atoms with van der Waals surface area (Å²) >= 11 is 0. The zero-order valence-electron chi connectivity index (χ0n) is 14.1. The van der Waals surface area contributed by atoms with Gasteiger partial charge in [-0.3, -0.25) is 9.89 Å². The smallest absolute Gasteiger partial charge is 0.257 e. The summed E-state index contributed by atoms with van der Waals surface area (Å²) in [6.45, 7) is 1.80. The van der Waals surface area contributed by atoms with E-state index in [4.69, 9.17) is 0 Å². The van der Waals surface area contributed by atoms with E-state index in [2.05, 4.69) is 36.1 Å². The molecule has 1 aromatic carbocycles. The Morgan fingerprint density at radius 3 is 2.89 bits per heavy atom. The molecule has 1 atom stereocenters. The molecule has 0 radical (unpaired) electrons. The Kier molecular flexibility index (Phi) is 4.16. The highest BCUT2D eigenvalue weighted by atomic mass is 19.1. The molecule has 3 heterocycles. The maximum Gasteiger partial charge on any atom is 0.257 e. The van der Waals surface area contributed by atoms with Crippen LogP contribution in [0, 0.1) is 5.82 Å². The molecule has 2 N–H and O–H groups in total. The first-order valence-corrected chi connectivity index (χ1v) is 8.00. The van der Waals surface area contributed by atoms with Gasteiger partial charge in [0.2, 0.25) is 0 Å². The average Bonchev–Trinajstić information content (AvgIpc) is 3.41. The molecule has 0 aliphatic rings. The SMILES string of the molecule is CC(NC(=O)c1cn[nH]c1-n1cnnn1)c1cnn(-c2ccccc2F)c1. The van der Waals surface area contributed by atoms with Gasteiger partial charge < -0.3 is 5.32 Å². The van der Waals surface area contributed by atoms with Gasteiger partial charge in [0.05, 0.1) is 18.4 Å². The summed E-state index contributed by atoms with van der Waals surface area (Å²) in [5, 5.41) is 24.4. The molecule has 0 saturated carbocycles. The van der Waals surface area contributed by atoms with Gasteiger partial charge in [-0.2, -0.15) is 14.9 Å². The van der Waals surface area contributed by atoms with Crippen LogP contribution < -0.4 is 5.32 Å². The van der Waals surface area contributed by atoms with E-state index in [9.17, 15) is 9.18 Å². The summed E-state index contributed by atoms with van der Waals surface area (Å²) in [4.78, 5) is 12.6. The molecule has 0 bridgehead atoms. The van der Waals surface area contributed by atoms with Crippen LogP contribution in [0.15, 0.2) is 49.2 Å². The lowest BCUT2D eigenvalue weighted by Gasteiger charge is -2.12. The molecule has 3 aromatic heterocycles. The molecule has 0 aliphatic carbocycles. The number of carbonyl (C=O) groups excluding carboxylic acids is 1. The van der Waals surface area contributed by atoms with Crippen molar-refractivity contribution in [2.45, 2.75) is 13.0 Å². The predicted octanol–water partition coefficient (Wildman–Crippen LogP) is 1.20. The van der Waals surface area contributed by atoms with E-state index in [0.717, 1.165) is 5.56 Å². The van der Waals surface area contributed by atoms with Crippen LogP contribution in [0.4, 0.5) is 4.39 Å². The number of nitrogens with zero attached hydrogens (tertiary/aromatic N) is 7. The van der Waals surface area contributed by atoms with Gasteiger partial charge in [-0.1, -0.05) is 12.1 Å². The summed E-state index contributed by atoms with van der Waals surface area (Å²) in [5.41, 5.74) is 1.34. The third kappa shape index (κ3) is 3.17. The fraction of sp³-hybridized carbons (Fsp3) is 0.125. The molecule has 1 unspecified atom stereocenters. The second kappa shape index (κ2) is 6.78. The van der Waals surface area contributed by atoms with Crippen LogP contribution in [-0.2, 0) is 0 Å². The third-order valence-corrected chi connectivity index (χ3v) is 3.99. The number of benzene rings is 1. The number of halogens is 1. The Morgan fingerprint density at radius 1 is 1.26 bits per heavy atom. The summed E-state index contributed by atoms with van der Waals surface area (Å²) in [5.74, 6) is -0.388. The van der Waals surface area contributed by atoms with Crippen molar-refractivity contribution in [2.75, 3.05) is 0 Å². The van der Waals surface area contributed by atoms with Gasteiger partial charge in [0.1, 0.15) is 23.4 Å². The zero-order chi connectivity index (χ0) is 18.8. The maximum absolute atomic E-state index is 13.9. The van der Waals surface area contributed by atoms with Crippen LogP contribution in [0.25, 0.3) is 11.5 Å². The summed E-state index contributed by atoms with van der Waals surface area (Å²) in [6.07, 6.45) is 5.99. The lowest BCUT2D eigenvalue weighted by atomic mass is 10.2. The van der Waals surface area contributed by atoms with Crippen molar-refractivity contribution in [3.8, 4) is 11.5 Å². The molecule has 0 spiro atoms. The predicted molar refractivity (Wildman–Crippen MR) is 90.7 cm³/mol. The van der Waals surface area contributed by atoms with Crippen molar-refractivity contribution >= 4 is 5.91 Å². The molecule has 11 heteroatoms. The molecule has 0 saturated heterocycles. The number of hydrogen-bond donors (Lipinski definition) is 2. The first-order chi connectivity index (χ1) is 13.1. The summed E-state index contributed by atoms with van der Waals surface area (Å²) < 4.78 is 16.6. The Balaban J connectivity index is 1.52. The standard InChI is InChI=1S/C16H14FN9O/c1-10(11-6-20-25(8-11)14-5-3-2-4-13(14)17)21-16(27)12-7-18-22-15(12)26-9-19-23-24-26/h2-10H,1H3,(H,18,22)(H,21,27). The molecule has 4 aromatic rings. The number of tetrazole rings is 1. The van der Waals surface area contributed by atoms with Gasteiger partial charge >= 0.3 is 0 Å². The minimum Gasteiger partial charge on any atom is -0.345 e. The van der Waals surface area contributed by atoms with Gasteiger partial charge in [-0.15, -0.1) is 5.10 Å². The van der Waals surface area contributed by atoms with E-state index in [-0.39, 0.29) is 23.3 Å². The molecule has 10 nitrogen and oxygen atoms in total. The van der Waals surface area contributed by atoms with Crippen LogP contribution in [0.1, 0.15) is 28.9 Å². The third-order valence-electron chi connectivity index (χ3n) is 3.99. The number of nitrogens with one attached hydrogen (secondary N) is 2. The number of para-hydroxylation sites is 1. The normalized spacial score (nSPS) is 12.1. The molecule has 1 amide bonds. The van der Waals surface area contributed by atoms with E-state index in [1.165, 1.54) is 28.0 Å². The number of rotatable bonds is 5. The number of aromatic amines is 1. The number of carbonyl (C=O) groups is 1. The summed E-state index contributed by atoms with van der Waals surface area (Å²) in [6, 6.07) is 5.96. The average molecular weight is 367 g/mol. The van der Waals surface area contributed by atoms with Gasteiger partial charge in [0.15, 0.2) is 5.82 Å². The highest BCUT2D eigenvalue weighted by molar-refractivity contribution is 5.97. The largest absolute Gasteiger partial charge is 0.345 e. The van der Waals surface area contributed by atoms with E-state index < -0.39 is 0 Å². The van der Waals surface area contributed by atoms with Gasteiger partial charge in [-0.05, 0) is 29.5 Å². The fourth-order valence-corrected chi connectivity index (χ4v) is 2.57. The molecule has 4 rings (SSSR count). The first-order valence-electron chi connectivity index (χ1n) is 8.00. The lowest BCUT2D eigenvalue weighted by molar-refractivity contribution is 0.0940. The zero-order valence-corrected chi connectivity index (χ0v) is 14.1. The maximum atomic E-state index is 13.9. The minimum atomic E-state index is -0.381. The molecular formula is C16H14FN9O. The highest BCUT2D eigenvalue weighted by Gasteiger charge is 2.19. The van der Waals surface area contributed by atoms with Crippen molar-refractivity contribution < 1.29 is 9.18 Å². The van der Waals surface area contributed by atoms with Crippen LogP contribution in [0.2, 0.25) is 0 Å². The molecule has 27 heavy (non-hydrogen) atoms. The number of hydrogen-bond acceptors (Lipinski definition) is 6. The Morgan fingerprint density at radius 2 is 2.11 bits per heavy atom.